The van der Waals surface area contributed by atoms with Gasteiger partial charge in [-0.2, -0.15) is 0 Å². The molecule has 0 heterocycles. The molecule has 0 saturated heterocycles. The SMILES string of the molecule is C#CCCNS(=O)(=O)c1cc(N)cc(Cl)c1F. The molecule has 17 heavy (non-hydrogen) atoms. The van der Waals surface area contributed by atoms with Crippen LogP contribution in [0.3, 0.4) is 0 Å². The largest absolute Gasteiger partial charge is 0.399 e. The van der Waals surface area contributed by atoms with Crippen molar-refractivity contribution in [3.05, 3.63) is 23.0 Å². The number of nitrogens with one attached hydrogen (secondary N) is 1. The van der Waals surface area contributed by atoms with Crippen LogP contribution in [0.25, 0.3) is 0 Å². The molecule has 0 spiro atoms. The fourth-order valence-corrected chi connectivity index (χ4v) is 2.56. The monoisotopic (exact) mass is 276 g/mol. The van der Waals surface area contributed by atoms with Crippen molar-refractivity contribution in [3.63, 3.8) is 0 Å². The van der Waals surface area contributed by atoms with Crippen LogP contribution >= 0.6 is 11.6 Å². The van der Waals surface area contributed by atoms with E-state index in [1.807, 2.05) is 0 Å². The van der Waals surface area contributed by atoms with Crippen molar-refractivity contribution >= 4 is 27.3 Å². The standard InChI is InChI=1S/C10H10ClFN2O2S/c1-2-3-4-14-17(15,16)9-6-7(13)5-8(11)10(9)12/h1,5-6,14H,3-4,13H2. The summed E-state index contributed by atoms with van der Waals surface area (Å²) in [7, 11) is -3.99. The van der Waals surface area contributed by atoms with Gasteiger partial charge in [0.1, 0.15) is 4.90 Å². The van der Waals surface area contributed by atoms with Crippen LogP contribution in [0.5, 0.6) is 0 Å². The molecule has 1 aromatic rings. The number of rotatable bonds is 4. The molecule has 0 aliphatic carbocycles. The number of sulfonamides is 1. The van der Waals surface area contributed by atoms with Crippen LogP contribution in [0.1, 0.15) is 6.42 Å². The van der Waals surface area contributed by atoms with Crippen LogP contribution in [0, 0.1) is 18.2 Å². The van der Waals surface area contributed by atoms with Gasteiger partial charge in [0.15, 0.2) is 5.82 Å². The summed E-state index contributed by atoms with van der Waals surface area (Å²) in [5.41, 5.74) is 5.47. The number of nitrogens with two attached hydrogens (primary N) is 1. The van der Waals surface area contributed by atoms with E-state index < -0.39 is 20.7 Å². The summed E-state index contributed by atoms with van der Waals surface area (Å²) in [6, 6.07) is 2.14. The smallest absolute Gasteiger partial charge is 0.243 e. The topological polar surface area (TPSA) is 72.2 Å². The van der Waals surface area contributed by atoms with E-state index in [4.69, 9.17) is 23.8 Å². The van der Waals surface area contributed by atoms with Crippen LogP contribution < -0.4 is 10.5 Å². The summed E-state index contributed by atoms with van der Waals surface area (Å²) in [5, 5.41) is -0.345. The highest BCUT2D eigenvalue weighted by atomic mass is 35.5. The first-order chi connectivity index (χ1) is 7.88. The van der Waals surface area contributed by atoms with Crippen LogP contribution in [0.15, 0.2) is 17.0 Å². The highest BCUT2D eigenvalue weighted by Crippen LogP contribution is 2.25. The maximum atomic E-state index is 13.5. The fourth-order valence-electron chi connectivity index (χ4n) is 1.11. The first-order valence-corrected chi connectivity index (χ1v) is 6.42. The predicted octanol–water partition coefficient (Wildman–Crippen LogP) is 1.36. The Labute approximate surface area is 104 Å². The van der Waals surface area contributed by atoms with Gasteiger partial charge in [-0.15, -0.1) is 12.3 Å². The zero-order chi connectivity index (χ0) is 13.1. The van der Waals surface area contributed by atoms with Gasteiger partial charge < -0.3 is 5.73 Å². The number of hydrogen-bond donors (Lipinski definition) is 2. The normalized spacial score (nSPS) is 11.1. The van der Waals surface area contributed by atoms with E-state index in [0.29, 0.717) is 0 Å². The lowest BCUT2D eigenvalue weighted by Gasteiger charge is -2.08. The van der Waals surface area contributed by atoms with Gasteiger partial charge >= 0.3 is 0 Å². The van der Waals surface area contributed by atoms with Crippen molar-refractivity contribution in [1.29, 1.82) is 0 Å². The van der Waals surface area contributed by atoms with Gasteiger partial charge in [0.25, 0.3) is 0 Å². The Hall–Kier alpha value is -1.29. The number of terminal acetylenes is 1. The molecule has 1 rings (SSSR count). The summed E-state index contributed by atoms with van der Waals surface area (Å²) in [5.74, 6) is 1.22. The molecule has 0 atom stereocenters. The minimum atomic E-state index is -3.99. The summed E-state index contributed by atoms with van der Waals surface area (Å²) < 4.78 is 39.1. The average molecular weight is 277 g/mol. The van der Waals surface area contributed by atoms with Gasteiger partial charge in [-0.3, -0.25) is 0 Å². The van der Waals surface area contributed by atoms with Gasteiger partial charge in [-0.05, 0) is 12.1 Å². The third kappa shape index (κ3) is 3.33. The first-order valence-electron chi connectivity index (χ1n) is 4.56. The lowest BCUT2D eigenvalue weighted by Crippen LogP contribution is -2.25. The highest BCUT2D eigenvalue weighted by Gasteiger charge is 2.21. The molecule has 0 aliphatic rings. The molecular formula is C10H10ClFN2O2S. The second kappa shape index (κ2) is 5.36. The van der Waals surface area contributed by atoms with E-state index in [1.54, 1.807) is 0 Å². The van der Waals surface area contributed by atoms with Crippen molar-refractivity contribution in [3.8, 4) is 12.3 Å². The molecule has 0 radical (unpaired) electrons. The summed E-state index contributed by atoms with van der Waals surface area (Å²) in [4.78, 5) is -0.584. The molecule has 0 bridgehead atoms. The van der Waals surface area contributed by atoms with Crippen LogP contribution in [0.4, 0.5) is 10.1 Å². The third-order valence-corrected chi connectivity index (χ3v) is 3.60. The molecule has 92 valence electrons. The Bertz CT molecular complexity index is 566. The highest BCUT2D eigenvalue weighted by molar-refractivity contribution is 7.89. The first kappa shape index (κ1) is 13.8. The Balaban J connectivity index is 3.12. The lowest BCUT2D eigenvalue weighted by atomic mass is 10.3. The van der Waals surface area contributed by atoms with E-state index in [0.717, 1.165) is 12.1 Å². The lowest BCUT2D eigenvalue weighted by molar-refractivity contribution is 0.558. The minimum absolute atomic E-state index is 0.0185. The van der Waals surface area contributed by atoms with Crippen LogP contribution in [-0.4, -0.2) is 15.0 Å². The van der Waals surface area contributed by atoms with E-state index >= 15 is 0 Å². The van der Waals surface area contributed by atoms with Crippen molar-refractivity contribution in [2.24, 2.45) is 0 Å². The maximum Gasteiger partial charge on any atom is 0.243 e. The molecule has 0 aliphatic heterocycles. The fraction of sp³-hybridized carbons (Fsp3) is 0.200. The Morgan fingerprint density at radius 2 is 2.18 bits per heavy atom. The van der Waals surface area contributed by atoms with Gasteiger partial charge in [-0.25, -0.2) is 17.5 Å². The molecule has 0 unspecified atom stereocenters. The van der Waals surface area contributed by atoms with Crippen molar-refractivity contribution in [2.75, 3.05) is 12.3 Å². The molecule has 0 saturated carbocycles. The zero-order valence-electron chi connectivity index (χ0n) is 8.70. The molecule has 0 aromatic heterocycles. The number of benzene rings is 1. The molecule has 1 aromatic carbocycles. The summed E-state index contributed by atoms with van der Waals surface area (Å²) in [6.45, 7) is 0.0185. The predicted molar refractivity (Wildman–Crippen MR) is 64.5 cm³/mol. The minimum Gasteiger partial charge on any atom is -0.399 e. The molecule has 3 N–H and O–H groups in total. The summed E-state index contributed by atoms with van der Waals surface area (Å²) in [6.07, 6.45) is 5.18. The molecule has 0 fully saturated rings. The third-order valence-electron chi connectivity index (χ3n) is 1.87. The Kier molecular flexibility index (Phi) is 4.34. The molecular weight excluding hydrogens is 267 g/mol. The number of anilines is 1. The van der Waals surface area contributed by atoms with Crippen molar-refractivity contribution in [2.45, 2.75) is 11.3 Å². The van der Waals surface area contributed by atoms with Crippen LogP contribution in [0.2, 0.25) is 5.02 Å². The van der Waals surface area contributed by atoms with E-state index in [-0.39, 0.29) is 23.7 Å². The zero-order valence-corrected chi connectivity index (χ0v) is 10.3. The Morgan fingerprint density at radius 3 is 2.76 bits per heavy atom. The number of nitrogen functional groups attached to an aromatic ring is 1. The Morgan fingerprint density at radius 1 is 1.53 bits per heavy atom. The van der Waals surface area contributed by atoms with Crippen molar-refractivity contribution in [1.82, 2.24) is 4.72 Å². The van der Waals surface area contributed by atoms with E-state index in [2.05, 4.69) is 10.6 Å². The second-order valence-corrected chi connectivity index (χ2v) is 5.31. The van der Waals surface area contributed by atoms with E-state index in [9.17, 15) is 12.8 Å². The number of hydrogen-bond acceptors (Lipinski definition) is 3. The van der Waals surface area contributed by atoms with E-state index in [1.165, 1.54) is 0 Å². The molecule has 4 nitrogen and oxygen atoms in total. The second-order valence-electron chi connectivity index (χ2n) is 3.17. The van der Waals surface area contributed by atoms with Gasteiger partial charge in [-0.1, -0.05) is 11.6 Å². The number of halogens is 2. The molecule has 7 heteroatoms. The molecule has 0 amide bonds. The summed E-state index contributed by atoms with van der Waals surface area (Å²) >= 11 is 5.51. The quantitative estimate of drug-likeness (QED) is 0.495. The van der Waals surface area contributed by atoms with Gasteiger partial charge in [0, 0.05) is 18.7 Å². The van der Waals surface area contributed by atoms with Gasteiger partial charge in [0.05, 0.1) is 5.02 Å². The van der Waals surface area contributed by atoms with Crippen molar-refractivity contribution < 1.29 is 12.8 Å². The van der Waals surface area contributed by atoms with Crippen LogP contribution in [-0.2, 0) is 10.0 Å². The van der Waals surface area contributed by atoms with Gasteiger partial charge in [0.2, 0.25) is 10.0 Å². The average Bonchev–Trinajstić information content (AvgIpc) is 2.23. The maximum absolute atomic E-state index is 13.5.